The summed E-state index contributed by atoms with van der Waals surface area (Å²) < 4.78 is 5.67. The van der Waals surface area contributed by atoms with Gasteiger partial charge in [0, 0.05) is 5.56 Å². The number of nitrogens with zero attached hydrogens (tertiary/aromatic N) is 1. The van der Waals surface area contributed by atoms with Crippen LogP contribution in [0.2, 0.25) is 0 Å². The number of hydrogen-bond donors (Lipinski definition) is 0. The summed E-state index contributed by atoms with van der Waals surface area (Å²) in [5.41, 5.74) is 2.02. The molecule has 2 aromatic rings. The predicted octanol–water partition coefficient (Wildman–Crippen LogP) is 5.19. The molecule has 1 atom stereocenters. The van der Waals surface area contributed by atoms with E-state index in [1.807, 2.05) is 25.1 Å². The molecule has 1 unspecified atom stereocenters. The van der Waals surface area contributed by atoms with Gasteiger partial charge in [-0.2, -0.15) is 0 Å². The maximum atomic E-state index is 5.67. The van der Waals surface area contributed by atoms with Gasteiger partial charge >= 0.3 is 0 Å². The lowest BCUT2D eigenvalue weighted by atomic mass is 10.0. The molecule has 2 heteroatoms. The molecule has 0 radical (unpaired) electrons. The molecule has 0 saturated heterocycles. The third kappa shape index (κ3) is 3.57. The van der Waals surface area contributed by atoms with Crippen molar-refractivity contribution in [3.8, 4) is 11.3 Å². The molecule has 0 aliphatic heterocycles. The molecule has 0 bridgehead atoms. The zero-order valence-electron chi connectivity index (χ0n) is 11.7. The summed E-state index contributed by atoms with van der Waals surface area (Å²) in [5, 5.41) is 0. The van der Waals surface area contributed by atoms with Crippen LogP contribution in [0, 0.1) is 0 Å². The minimum atomic E-state index is 0.294. The van der Waals surface area contributed by atoms with Gasteiger partial charge in [0.2, 0.25) is 5.89 Å². The van der Waals surface area contributed by atoms with Crippen molar-refractivity contribution < 1.29 is 4.42 Å². The number of aromatic nitrogens is 1. The van der Waals surface area contributed by atoms with Crippen molar-refractivity contribution in [1.29, 1.82) is 0 Å². The van der Waals surface area contributed by atoms with E-state index in [0.29, 0.717) is 5.92 Å². The highest BCUT2D eigenvalue weighted by molar-refractivity contribution is 5.57. The van der Waals surface area contributed by atoms with E-state index in [1.165, 1.54) is 12.8 Å². The third-order valence-corrected chi connectivity index (χ3v) is 3.20. The van der Waals surface area contributed by atoms with Crippen molar-refractivity contribution in [2.45, 2.75) is 39.0 Å². The molecular formula is C17H21NO. The van der Waals surface area contributed by atoms with E-state index < -0.39 is 0 Å². The smallest absolute Gasteiger partial charge is 0.201 e. The molecule has 19 heavy (non-hydrogen) atoms. The van der Waals surface area contributed by atoms with Crippen LogP contribution < -0.4 is 0 Å². The van der Waals surface area contributed by atoms with Gasteiger partial charge in [0.25, 0.3) is 0 Å². The van der Waals surface area contributed by atoms with Gasteiger partial charge in [-0.25, -0.2) is 4.98 Å². The van der Waals surface area contributed by atoms with E-state index in [2.05, 4.69) is 36.2 Å². The Morgan fingerprint density at radius 2 is 2.05 bits per heavy atom. The SMILES string of the molecule is C/C=C/C(CCCC)c1nc(-c2ccccc2)co1. The Morgan fingerprint density at radius 1 is 1.26 bits per heavy atom. The lowest BCUT2D eigenvalue weighted by Gasteiger charge is -2.07. The van der Waals surface area contributed by atoms with Crippen LogP contribution in [0.4, 0.5) is 0 Å². The fourth-order valence-corrected chi connectivity index (χ4v) is 2.16. The maximum Gasteiger partial charge on any atom is 0.201 e. The van der Waals surface area contributed by atoms with Crippen LogP contribution in [0.3, 0.4) is 0 Å². The monoisotopic (exact) mass is 255 g/mol. The number of oxazole rings is 1. The maximum absolute atomic E-state index is 5.67. The van der Waals surface area contributed by atoms with Crippen molar-refractivity contribution in [3.63, 3.8) is 0 Å². The van der Waals surface area contributed by atoms with E-state index in [1.54, 1.807) is 6.26 Å². The van der Waals surface area contributed by atoms with Crippen molar-refractivity contribution in [2.24, 2.45) is 0 Å². The van der Waals surface area contributed by atoms with Gasteiger partial charge < -0.3 is 4.42 Å². The molecule has 0 saturated carbocycles. The Morgan fingerprint density at radius 3 is 2.74 bits per heavy atom. The summed E-state index contributed by atoms with van der Waals surface area (Å²) in [6, 6.07) is 10.2. The molecular weight excluding hydrogens is 234 g/mol. The van der Waals surface area contributed by atoms with Crippen LogP contribution in [-0.4, -0.2) is 4.98 Å². The average molecular weight is 255 g/mol. The molecule has 0 aliphatic rings. The van der Waals surface area contributed by atoms with E-state index in [4.69, 9.17) is 4.42 Å². The fourth-order valence-electron chi connectivity index (χ4n) is 2.16. The lowest BCUT2D eigenvalue weighted by molar-refractivity contribution is 0.457. The minimum Gasteiger partial charge on any atom is -0.448 e. The Balaban J connectivity index is 2.18. The van der Waals surface area contributed by atoms with Gasteiger partial charge in [-0.3, -0.25) is 0 Å². The molecule has 0 amide bonds. The molecule has 1 aromatic carbocycles. The van der Waals surface area contributed by atoms with Crippen molar-refractivity contribution >= 4 is 0 Å². The van der Waals surface area contributed by atoms with Gasteiger partial charge in [-0.05, 0) is 13.3 Å². The third-order valence-electron chi connectivity index (χ3n) is 3.20. The molecule has 0 spiro atoms. The van der Waals surface area contributed by atoms with Crippen LogP contribution in [0.25, 0.3) is 11.3 Å². The molecule has 1 aromatic heterocycles. The summed E-state index contributed by atoms with van der Waals surface area (Å²) in [6.07, 6.45) is 9.49. The second-order valence-corrected chi connectivity index (χ2v) is 4.71. The molecule has 0 aliphatic carbocycles. The molecule has 2 rings (SSSR count). The van der Waals surface area contributed by atoms with Crippen molar-refractivity contribution in [2.75, 3.05) is 0 Å². The van der Waals surface area contributed by atoms with Gasteiger partial charge in [0.05, 0.1) is 5.92 Å². The van der Waals surface area contributed by atoms with Crippen LogP contribution in [0.15, 0.2) is 53.2 Å². The Bertz CT molecular complexity index is 513. The molecule has 0 N–H and O–H groups in total. The number of hydrogen-bond acceptors (Lipinski definition) is 2. The van der Waals surface area contributed by atoms with Crippen LogP contribution in [0.5, 0.6) is 0 Å². The summed E-state index contributed by atoms with van der Waals surface area (Å²) in [4.78, 5) is 4.63. The number of rotatable bonds is 6. The Kier molecular flexibility index (Phi) is 4.96. The van der Waals surface area contributed by atoms with Gasteiger partial charge in [-0.15, -0.1) is 0 Å². The van der Waals surface area contributed by atoms with E-state index in [0.717, 1.165) is 23.6 Å². The van der Waals surface area contributed by atoms with Gasteiger partial charge in [0.15, 0.2) is 0 Å². The second kappa shape index (κ2) is 6.93. The second-order valence-electron chi connectivity index (χ2n) is 4.71. The van der Waals surface area contributed by atoms with Crippen molar-refractivity contribution in [1.82, 2.24) is 4.98 Å². The van der Waals surface area contributed by atoms with Crippen LogP contribution in [-0.2, 0) is 0 Å². The van der Waals surface area contributed by atoms with Crippen LogP contribution in [0.1, 0.15) is 44.9 Å². The number of allylic oxidation sites excluding steroid dienone is 2. The highest BCUT2D eigenvalue weighted by Gasteiger charge is 2.14. The molecule has 1 heterocycles. The topological polar surface area (TPSA) is 26.0 Å². The Hall–Kier alpha value is -1.83. The first-order chi connectivity index (χ1) is 9.35. The zero-order chi connectivity index (χ0) is 13.5. The Labute approximate surface area is 115 Å². The predicted molar refractivity (Wildman–Crippen MR) is 79.0 cm³/mol. The first-order valence-electron chi connectivity index (χ1n) is 6.98. The summed E-state index contributed by atoms with van der Waals surface area (Å²) in [6.45, 7) is 4.25. The largest absolute Gasteiger partial charge is 0.448 e. The molecule has 100 valence electrons. The van der Waals surface area contributed by atoms with Crippen LogP contribution >= 0.6 is 0 Å². The summed E-state index contributed by atoms with van der Waals surface area (Å²) in [5.74, 6) is 1.12. The van der Waals surface area contributed by atoms with E-state index >= 15 is 0 Å². The van der Waals surface area contributed by atoms with Gasteiger partial charge in [0.1, 0.15) is 12.0 Å². The summed E-state index contributed by atoms with van der Waals surface area (Å²) in [7, 11) is 0. The average Bonchev–Trinajstić information content (AvgIpc) is 2.94. The van der Waals surface area contributed by atoms with Gasteiger partial charge in [-0.1, -0.05) is 62.2 Å². The number of unbranched alkanes of at least 4 members (excludes halogenated alkanes) is 1. The standard InChI is InChI=1S/C17H21NO/c1-3-5-10-15(9-4-2)17-18-16(13-19-17)14-11-7-6-8-12-14/h4,6-9,11-13,15H,3,5,10H2,1-2H3/b9-4+. The zero-order valence-corrected chi connectivity index (χ0v) is 11.7. The minimum absolute atomic E-state index is 0.294. The van der Waals surface area contributed by atoms with Crippen molar-refractivity contribution in [3.05, 3.63) is 54.6 Å². The fraction of sp³-hybridized carbons (Fsp3) is 0.353. The lowest BCUT2D eigenvalue weighted by Crippen LogP contribution is -1.95. The first kappa shape index (κ1) is 13.6. The summed E-state index contributed by atoms with van der Waals surface area (Å²) >= 11 is 0. The molecule has 2 nitrogen and oxygen atoms in total. The quantitative estimate of drug-likeness (QED) is 0.664. The molecule has 0 fully saturated rings. The normalized spacial score (nSPS) is 12.9. The number of benzene rings is 1. The first-order valence-corrected chi connectivity index (χ1v) is 6.98. The highest BCUT2D eigenvalue weighted by atomic mass is 16.3. The highest BCUT2D eigenvalue weighted by Crippen LogP contribution is 2.26. The van der Waals surface area contributed by atoms with E-state index in [-0.39, 0.29) is 0 Å². The van der Waals surface area contributed by atoms with E-state index in [9.17, 15) is 0 Å².